The molecule has 0 unspecified atom stereocenters. The molecule has 0 amide bonds. The van der Waals surface area contributed by atoms with Crippen LogP contribution in [0.2, 0.25) is 0 Å². The first kappa shape index (κ1) is 38.2. The highest BCUT2D eigenvalue weighted by Gasteiger charge is 2.43. The molecule has 0 atom stereocenters. The van der Waals surface area contributed by atoms with Gasteiger partial charge in [-0.1, -0.05) is 152 Å². The number of aromatic nitrogens is 2. The van der Waals surface area contributed by atoms with E-state index in [1.165, 1.54) is 88.2 Å². The summed E-state index contributed by atoms with van der Waals surface area (Å²) in [5, 5.41) is 26.1. The van der Waals surface area contributed by atoms with Crippen LogP contribution in [0, 0.1) is 11.3 Å². The van der Waals surface area contributed by atoms with Crippen molar-refractivity contribution in [2.45, 2.75) is 0 Å². The van der Waals surface area contributed by atoms with E-state index in [-0.39, 0.29) is 0 Å². The van der Waals surface area contributed by atoms with Gasteiger partial charge in [0, 0.05) is 73.3 Å². The van der Waals surface area contributed by atoms with Crippen LogP contribution < -0.4 is 20.7 Å². The van der Waals surface area contributed by atoms with Gasteiger partial charge in [0.1, 0.15) is 0 Å². The zero-order chi connectivity index (χ0) is 44.2. The standard InChI is InChI=1S/C61H37N3S2Si/c62-38-39-34-41(36-44(35-39)67(42-16-3-1-4-17-42,43-18-5-2-6-19-43)58-29-15-24-47-45-20-9-14-28-56(45)66-61(47)58)64-52-26-12-8-23-49(52)60-54(64)32-31-53-59(60)48-22-7-11-25-51(48)63(53)40-30-33-57-50(37-40)46-21-10-13-27-55(46)65-57/h1-37H. The number of nitrogens with zero attached hydrogens (tertiary/aromatic N) is 3. The molecule has 0 saturated carbocycles. The van der Waals surface area contributed by atoms with Gasteiger partial charge in [-0.05, 0) is 93.5 Å². The maximum Gasteiger partial charge on any atom is 0.181 e. The van der Waals surface area contributed by atoms with Gasteiger partial charge in [-0.25, -0.2) is 0 Å². The second kappa shape index (κ2) is 14.7. The number of fused-ring (bicyclic) bond motifs is 13. The minimum Gasteiger partial charge on any atom is -0.309 e. The molecule has 14 rings (SSSR count). The maximum atomic E-state index is 11.1. The number of benzene rings is 10. The number of rotatable bonds is 6. The van der Waals surface area contributed by atoms with E-state index in [0.29, 0.717) is 5.56 Å². The minimum absolute atomic E-state index is 0.639. The number of hydrogen-bond donors (Lipinski definition) is 0. The number of para-hydroxylation sites is 2. The molecule has 3 nitrogen and oxygen atoms in total. The summed E-state index contributed by atoms with van der Waals surface area (Å²) in [4.78, 5) is 0. The maximum absolute atomic E-state index is 11.1. The Morgan fingerprint density at radius 1 is 0.358 bits per heavy atom. The Kier molecular flexibility index (Phi) is 8.41. The van der Waals surface area contributed by atoms with Crippen LogP contribution in [0.25, 0.3) is 95.3 Å². The smallest absolute Gasteiger partial charge is 0.181 e. The molecule has 0 fully saturated rings. The van der Waals surface area contributed by atoms with E-state index < -0.39 is 8.07 Å². The zero-order valence-electron chi connectivity index (χ0n) is 36.0. The fourth-order valence-electron chi connectivity index (χ4n) is 11.3. The van der Waals surface area contributed by atoms with E-state index >= 15 is 0 Å². The Balaban J connectivity index is 1.08. The Hall–Kier alpha value is -8.05. The predicted octanol–water partition coefficient (Wildman–Crippen LogP) is 13.9. The first-order valence-corrected chi connectivity index (χ1v) is 26.3. The van der Waals surface area contributed by atoms with Crippen LogP contribution in [0.3, 0.4) is 0 Å². The topological polar surface area (TPSA) is 33.6 Å². The van der Waals surface area contributed by atoms with Crippen LogP contribution in [0.15, 0.2) is 224 Å². The van der Waals surface area contributed by atoms with Gasteiger partial charge in [-0.15, -0.1) is 22.7 Å². The molecule has 0 spiro atoms. The number of thiophene rings is 2. The van der Waals surface area contributed by atoms with E-state index in [1.807, 2.05) is 22.7 Å². The fraction of sp³-hybridized carbons (Fsp3) is 0. The molecule has 10 aromatic carbocycles. The molecule has 0 saturated heterocycles. The van der Waals surface area contributed by atoms with Crippen molar-refractivity contribution in [3.8, 4) is 17.4 Å². The van der Waals surface area contributed by atoms with Crippen LogP contribution in [0.1, 0.15) is 5.56 Å². The molecule has 312 valence electrons. The summed E-state index contributed by atoms with van der Waals surface area (Å²) in [5.41, 5.74) is 7.31. The first-order chi connectivity index (χ1) is 33.2. The zero-order valence-corrected chi connectivity index (χ0v) is 38.7. The van der Waals surface area contributed by atoms with E-state index in [1.54, 1.807) is 0 Å². The highest BCUT2D eigenvalue weighted by Crippen LogP contribution is 2.44. The van der Waals surface area contributed by atoms with E-state index in [0.717, 1.165) is 27.9 Å². The molecular formula is C61H37N3S2Si. The summed E-state index contributed by atoms with van der Waals surface area (Å²) in [7, 11) is -3.16. The summed E-state index contributed by atoms with van der Waals surface area (Å²) in [6.45, 7) is 0. The third-order valence-corrected chi connectivity index (χ3v) is 21.4. The van der Waals surface area contributed by atoms with Gasteiger partial charge in [0.15, 0.2) is 8.07 Å². The lowest BCUT2D eigenvalue weighted by molar-refractivity contribution is 1.17. The molecule has 0 aliphatic carbocycles. The molecule has 0 aliphatic rings. The average Bonchev–Trinajstić information content (AvgIpc) is 4.15. The summed E-state index contributed by atoms with van der Waals surface area (Å²) < 4.78 is 10.0. The van der Waals surface area contributed by atoms with Gasteiger partial charge in [-0.3, -0.25) is 0 Å². The highest BCUT2D eigenvalue weighted by atomic mass is 32.1. The summed E-state index contributed by atoms with van der Waals surface area (Å²) in [5.74, 6) is 0. The Morgan fingerprint density at radius 2 is 0.881 bits per heavy atom. The van der Waals surface area contributed by atoms with Gasteiger partial charge in [0.05, 0.1) is 33.7 Å². The lowest BCUT2D eigenvalue weighted by Crippen LogP contribution is -2.74. The molecule has 67 heavy (non-hydrogen) atoms. The van der Waals surface area contributed by atoms with Crippen LogP contribution in [0.5, 0.6) is 0 Å². The van der Waals surface area contributed by atoms with Crippen molar-refractivity contribution in [2.75, 3.05) is 0 Å². The molecule has 6 heteroatoms. The SMILES string of the molecule is N#Cc1cc(-n2c3ccccc3c3c4c5ccccc5n(-c5ccc6sc7ccccc7c6c5)c4ccc32)cc([Si](c2ccccc2)(c2ccccc2)c2cccc3c2sc2ccccc23)c1. The van der Waals surface area contributed by atoms with E-state index in [4.69, 9.17) is 0 Å². The van der Waals surface area contributed by atoms with Crippen molar-refractivity contribution in [1.29, 1.82) is 5.26 Å². The van der Waals surface area contributed by atoms with Gasteiger partial charge in [-0.2, -0.15) is 5.26 Å². The summed E-state index contributed by atoms with van der Waals surface area (Å²) in [6, 6.07) is 85.2. The van der Waals surface area contributed by atoms with Gasteiger partial charge >= 0.3 is 0 Å². The third kappa shape index (κ3) is 5.48. The van der Waals surface area contributed by atoms with E-state index in [9.17, 15) is 5.26 Å². The Morgan fingerprint density at radius 3 is 1.52 bits per heavy atom. The van der Waals surface area contributed by atoms with Crippen molar-refractivity contribution in [3.63, 3.8) is 0 Å². The Labute approximate surface area is 394 Å². The van der Waals surface area contributed by atoms with Crippen LogP contribution in [0.4, 0.5) is 0 Å². The second-order valence-corrected chi connectivity index (χ2v) is 23.4. The minimum atomic E-state index is -3.16. The molecule has 4 heterocycles. The molecule has 0 radical (unpaired) electrons. The summed E-state index contributed by atoms with van der Waals surface area (Å²) >= 11 is 3.73. The monoisotopic (exact) mass is 903 g/mol. The van der Waals surface area contributed by atoms with Gasteiger partial charge in [0.2, 0.25) is 0 Å². The van der Waals surface area contributed by atoms with Crippen molar-refractivity contribution in [1.82, 2.24) is 9.13 Å². The van der Waals surface area contributed by atoms with Crippen molar-refractivity contribution in [3.05, 3.63) is 230 Å². The number of hydrogen-bond acceptors (Lipinski definition) is 3. The van der Waals surface area contributed by atoms with Crippen molar-refractivity contribution < 1.29 is 0 Å². The molecule has 14 aromatic rings. The van der Waals surface area contributed by atoms with Gasteiger partial charge < -0.3 is 9.13 Å². The van der Waals surface area contributed by atoms with Crippen molar-refractivity contribution in [2.24, 2.45) is 0 Å². The lowest BCUT2D eigenvalue weighted by atomic mass is 10.1. The molecule has 0 bridgehead atoms. The average molecular weight is 904 g/mol. The summed E-state index contributed by atoms with van der Waals surface area (Å²) in [6.07, 6.45) is 0. The van der Waals surface area contributed by atoms with Crippen LogP contribution in [-0.4, -0.2) is 17.2 Å². The quantitative estimate of drug-likeness (QED) is 0.121. The number of nitriles is 1. The second-order valence-electron chi connectivity index (χ2n) is 17.5. The normalized spacial score (nSPS) is 12.2. The predicted molar refractivity (Wildman–Crippen MR) is 289 cm³/mol. The van der Waals surface area contributed by atoms with Crippen LogP contribution in [-0.2, 0) is 0 Å². The molecular weight excluding hydrogens is 867 g/mol. The lowest BCUT2D eigenvalue weighted by Gasteiger charge is -2.35. The van der Waals surface area contributed by atoms with Crippen molar-refractivity contribution >= 4 is 135 Å². The fourth-order valence-corrected chi connectivity index (χ4v) is 19.0. The van der Waals surface area contributed by atoms with Gasteiger partial charge in [0.25, 0.3) is 0 Å². The first-order valence-electron chi connectivity index (χ1n) is 22.6. The largest absolute Gasteiger partial charge is 0.309 e. The highest BCUT2D eigenvalue weighted by molar-refractivity contribution is 7.30. The third-order valence-electron chi connectivity index (χ3n) is 14.1. The molecule has 0 aliphatic heterocycles. The molecule has 4 aromatic heterocycles. The molecule has 0 N–H and O–H groups in total. The Bertz CT molecular complexity index is 4320. The van der Waals surface area contributed by atoms with Crippen LogP contribution >= 0.6 is 22.7 Å². The van der Waals surface area contributed by atoms with E-state index in [2.05, 4.69) is 240 Å².